The zero-order chi connectivity index (χ0) is 26.7. The predicted octanol–water partition coefficient (Wildman–Crippen LogP) is 5.83. The second-order valence-corrected chi connectivity index (χ2v) is 11.7. The van der Waals surface area contributed by atoms with E-state index in [-0.39, 0.29) is 17.0 Å². The minimum atomic E-state index is -4.13. The molecule has 4 aromatic rings. The van der Waals surface area contributed by atoms with Crippen molar-refractivity contribution >= 4 is 27.4 Å². The van der Waals surface area contributed by atoms with E-state index >= 15 is 0 Å². The van der Waals surface area contributed by atoms with Gasteiger partial charge in [-0.25, -0.2) is 26.7 Å². The highest BCUT2D eigenvalue weighted by Gasteiger charge is 2.25. The number of thiophene rings is 1. The Bertz CT molecular complexity index is 1550. The van der Waals surface area contributed by atoms with Crippen LogP contribution in [0.1, 0.15) is 32.5 Å². The van der Waals surface area contributed by atoms with Gasteiger partial charge < -0.3 is 5.32 Å². The van der Waals surface area contributed by atoms with Gasteiger partial charge in [-0.1, -0.05) is 24.3 Å². The molecule has 1 unspecified atom stereocenters. The molecule has 0 spiro atoms. The summed E-state index contributed by atoms with van der Waals surface area (Å²) in [5, 5.41) is 2.55. The molecule has 2 heterocycles. The second-order valence-electron chi connectivity index (χ2n) is 8.60. The maximum Gasteiger partial charge on any atom is 0.328 e. The van der Waals surface area contributed by atoms with E-state index in [1.165, 1.54) is 18.2 Å². The van der Waals surface area contributed by atoms with Crippen molar-refractivity contribution in [1.82, 2.24) is 15.0 Å². The van der Waals surface area contributed by atoms with Gasteiger partial charge in [0.25, 0.3) is 10.0 Å². The third-order valence-corrected chi connectivity index (χ3v) is 8.32. The Kier molecular flexibility index (Phi) is 7.70. The molecule has 1 atom stereocenters. The van der Waals surface area contributed by atoms with Crippen molar-refractivity contribution in [1.29, 1.82) is 0 Å². The van der Waals surface area contributed by atoms with Crippen LogP contribution < -0.4 is 10.0 Å². The van der Waals surface area contributed by atoms with Crippen LogP contribution in [0.2, 0.25) is 0 Å². The Morgan fingerprint density at radius 3 is 2.32 bits per heavy atom. The molecule has 192 valence electrons. The number of carbonyl (C=O) groups is 1. The number of rotatable bonds is 7. The lowest BCUT2D eigenvalue weighted by Gasteiger charge is -2.21. The number of benzene rings is 2. The highest BCUT2D eigenvalue weighted by atomic mass is 32.2. The number of sulfonamides is 1. The zero-order valence-corrected chi connectivity index (χ0v) is 22.0. The third kappa shape index (κ3) is 6.03. The van der Waals surface area contributed by atoms with E-state index in [1.807, 2.05) is 30.7 Å². The normalized spacial score (nSPS) is 12.2. The van der Waals surface area contributed by atoms with Crippen LogP contribution in [-0.4, -0.2) is 26.0 Å². The highest BCUT2D eigenvalue weighted by Crippen LogP contribution is 2.37. The van der Waals surface area contributed by atoms with Crippen LogP contribution in [0.4, 0.5) is 13.6 Å². The standard InChI is InChI=1S/C27H25F2N3O3S2/c1-16-7-4-5-9-25(16)37(34,35)32-27(33)31-15-24(19-12-20(28)14-21(29)13-19)26-22(8-6-10-30-26)23-11-17(2)36-18(23)3/h4-14,24H,15H2,1-3H3,(H2,31,32,33). The fraction of sp³-hybridized carbons (Fsp3) is 0.185. The lowest BCUT2D eigenvalue weighted by Crippen LogP contribution is -2.41. The maximum atomic E-state index is 14.2. The molecule has 0 fully saturated rings. The number of urea groups is 1. The first kappa shape index (κ1) is 26.4. The van der Waals surface area contributed by atoms with Gasteiger partial charge in [0, 0.05) is 40.0 Å². The largest absolute Gasteiger partial charge is 0.336 e. The fourth-order valence-corrected chi connectivity index (χ4v) is 6.35. The summed E-state index contributed by atoms with van der Waals surface area (Å²) in [6, 6.07) is 14.1. The predicted molar refractivity (Wildman–Crippen MR) is 140 cm³/mol. The zero-order valence-electron chi connectivity index (χ0n) is 20.4. The average Bonchev–Trinajstić information content (AvgIpc) is 3.16. The first-order valence-corrected chi connectivity index (χ1v) is 13.7. The minimum Gasteiger partial charge on any atom is -0.336 e. The summed E-state index contributed by atoms with van der Waals surface area (Å²) in [7, 11) is -4.13. The first-order chi connectivity index (χ1) is 17.5. The molecular formula is C27H25F2N3O3S2. The summed E-state index contributed by atoms with van der Waals surface area (Å²) in [6.45, 7) is 5.42. The Hall–Kier alpha value is -3.63. The number of nitrogens with zero attached hydrogens (tertiary/aromatic N) is 1. The number of hydrogen-bond donors (Lipinski definition) is 2. The molecule has 0 bridgehead atoms. The molecule has 0 aliphatic rings. The molecule has 2 aromatic carbocycles. The third-order valence-electron chi connectivity index (χ3n) is 5.86. The van der Waals surface area contributed by atoms with Crippen molar-refractivity contribution in [3.63, 3.8) is 0 Å². The summed E-state index contributed by atoms with van der Waals surface area (Å²) in [5.41, 5.74) is 2.92. The molecule has 6 nitrogen and oxygen atoms in total. The van der Waals surface area contributed by atoms with Crippen molar-refractivity contribution in [2.45, 2.75) is 31.6 Å². The summed E-state index contributed by atoms with van der Waals surface area (Å²) in [6.07, 6.45) is 1.57. The van der Waals surface area contributed by atoms with Gasteiger partial charge in [-0.3, -0.25) is 4.98 Å². The Morgan fingerprint density at radius 2 is 1.68 bits per heavy atom. The lowest BCUT2D eigenvalue weighted by atomic mass is 9.89. The maximum absolute atomic E-state index is 14.2. The van der Waals surface area contributed by atoms with E-state index in [1.54, 1.807) is 48.7 Å². The SMILES string of the molecule is Cc1cc(-c2cccnc2C(CNC(=O)NS(=O)(=O)c2ccccc2C)c2cc(F)cc(F)c2)c(C)s1. The molecule has 0 saturated heterocycles. The van der Waals surface area contributed by atoms with Gasteiger partial charge in [0.05, 0.1) is 10.6 Å². The average molecular weight is 542 g/mol. The molecule has 10 heteroatoms. The Labute approximate surface area is 218 Å². The lowest BCUT2D eigenvalue weighted by molar-refractivity contribution is 0.245. The van der Waals surface area contributed by atoms with Crippen molar-refractivity contribution < 1.29 is 22.0 Å². The molecule has 2 amide bonds. The summed E-state index contributed by atoms with van der Waals surface area (Å²) in [4.78, 5) is 19.3. The van der Waals surface area contributed by atoms with Crippen LogP contribution in [0.25, 0.3) is 11.1 Å². The van der Waals surface area contributed by atoms with Gasteiger partial charge in [-0.2, -0.15) is 0 Å². The quantitative estimate of drug-likeness (QED) is 0.308. The van der Waals surface area contributed by atoms with Gasteiger partial charge in [0.1, 0.15) is 11.6 Å². The number of nitrogens with one attached hydrogen (secondary N) is 2. The van der Waals surface area contributed by atoms with Gasteiger partial charge in [-0.05, 0) is 67.8 Å². The van der Waals surface area contributed by atoms with Crippen LogP contribution in [-0.2, 0) is 10.0 Å². The molecule has 2 N–H and O–H groups in total. The molecule has 0 aliphatic heterocycles. The second kappa shape index (κ2) is 10.8. The molecule has 0 saturated carbocycles. The Morgan fingerprint density at radius 1 is 0.973 bits per heavy atom. The molecule has 2 aromatic heterocycles. The van der Waals surface area contributed by atoms with Gasteiger partial charge >= 0.3 is 6.03 Å². The topological polar surface area (TPSA) is 88.2 Å². The van der Waals surface area contributed by atoms with Crippen LogP contribution in [0.15, 0.2) is 71.8 Å². The van der Waals surface area contributed by atoms with E-state index < -0.39 is 33.6 Å². The molecule has 37 heavy (non-hydrogen) atoms. The molecule has 0 aliphatic carbocycles. The Balaban J connectivity index is 1.68. The van der Waals surface area contributed by atoms with Gasteiger partial charge in [0.2, 0.25) is 0 Å². The number of halogens is 2. The van der Waals surface area contributed by atoms with E-state index in [2.05, 4.69) is 10.3 Å². The van der Waals surface area contributed by atoms with Crippen molar-refractivity contribution in [3.8, 4) is 11.1 Å². The highest BCUT2D eigenvalue weighted by molar-refractivity contribution is 7.90. The number of aryl methyl sites for hydroxylation is 3. The molecular weight excluding hydrogens is 516 g/mol. The smallest absolute Gasteiger partial charge is 0.328 e. The first-order valence-electron chi connectivity index (χ1n) is 11.4. The molecule has 0 radical (unpaired) electrons. The minimum absolute atomic E-state index is 0.0239. The monoisotopic (exact) mass is 541 g/mol. The number of amides is 2. The van der Waals surface area contributed by atoms with Crippen molar-refractivity contribution in [3.05, 3.63) is 105 Å². The molecule has 4 rings (SSSR count). The van der Waals surface area contributed by atoms with Crippen LogP contribution in [0.5, 0.6) is 0 Å². The summed E-state index contributed by atoms with van der Waals surface area (Å²) >= 11 is 1.61. The number of pyridine rings is 1. The van der Waals surface area contributed by atoms with E-state index in [4.69, 9.17) is 0 Å². The van der Waals surface area contributed by atoms with Crippen LogP contribution in [0.3, 0.4) is 0 Å². The van der Waals surface area contributed by atoms with Crippen LogP contribution in [0, 0.1) is 32.4 Å². The summed E-state index contributed by atoms with van der Waals surface area (Å²) in [5.74, 6) is -2.31. The van der Waals surface area contributed by atoms with Crippen molar-refractivity contribution in [2.75, 3.05) is 6.54 Å². The van der Waals surface area contributed by atoms with Gasteiger partial charge in [-0.15, -0.1) is 11.3 Å². The van der Waals surface area contributed by atoms with Gasteiger partial charge in [0.15, 0.2) is 0 Å². The van der Waals surface area contributed by atoms with Crippen molar-refractivity contribution in [2.24, 2.45) is 0 Å². The fourth-order valence-electron chi connectivity index (χ4n) is 4.24. The number of hydrogen-bond acceptors (Lipinski definition) is 5. The summed E-state index contributed by atoms with van der Waals surface area (Å²) < 4.78 is 55.9. The van der Waals surface area contributed by atoms with Crippen LogP contribution >= 0.6 is 11.3 Å². The van der Waals surface area contributed by atoms with E-state index in [0.29, 0.717) is 11.3 Å². The van der Waals surface area contributed by atoms with E-state index in [9.17, 15) is 22.0 Å². The number of aromatic nitrogens is 1. The number of carbonyl (C=O) groups excluding carboxylic acids is 1. The van der Waals surface area contributed by atoms with E-state index in [0.717, 1.165) is 26.9 Å².